The number of ether oxygens (including phenoxy) is 2. The molecule has 0 bridgehead atoms. The van der Waals surface area contributed by atoms with E-state index in [9.17, 15) is 14.7 Å². The number of hydrogen-bond acceptors (Lipinski definition) is 6. The number of aliphatic carboxylic acids is 1. The fourth-order valence-electron chi connectivity index (χ4n) is 2.38. The number of carbonyl (C=O) groups excluding carboxylic acids is 1. The third-order valence-corrected chi connectivity index (χ3v) is 4.86. The van der Waals surface area contributed by atoms with Gasteiger partial charge in [0.05, 0.1) is 19.1 Å². The zero-order chi connectivity index (χ0) is 17.9. The highest BCUT2D eigenvalue weighted by molar-refractivity contribution is 8.26. The number of carbonyl (C=O) groups is 2. The van der Waals surface area contributed by atoms with Gasteiger partial charge in [-0.2, -0.15) is 0 Å². The number of benzene rings is 1. The van der Waals surface area contributed by atoms with Gasteiger partial charge in [0.1, 0.15) is 10.4 Å². The Morgan fingerprint density at radius 2 is 2.12 bits per heavy atom. The third-order valence-electron chi connectivity index (χ3n) is 3.53. The average molecular weight is 367 g/mol. The first-order valence-corrected chi connectivity index (χ1v) is 8.37. The van der Waals surface area contributed by atoms with Crippen LogP contribution < -0.4 is 9.47 Å². The molecular weight excluding hydrogens is 350 g/mol. The van der Waals surface area contributed by atoms with E-state index in [0.29, 0.717) is 22.0 Å². The highest BCUT2D eigenvalue weighted by atomic mass is 32.2. The number of thiocarbonyl (C=S) groups is 1. The van der Waals surface area contributed by atoms with Gasteiger partial charge in [0.15, 0.2) is 11.5 Å². The van der Waals surface area contributed by atoms with Gasteiger partial charge in [-0.15, -0.1) is 0 Å². The molecular formula is C16H17NO5S2. The van der Waals surface area contributed by atoms with Gasteiger partial charge in [0.2, 0.25) is 0 Å². The van der Waals surface area contributed by atoms with Crippen LogP contribution in [0.2, 0.25) is 0 Å². The summed E-state index contributed by atoms with van der Waals surface area (Å²) in [6.45, 7) is 1.70. The Morgan fingerprint density at radius 3 is 2.67 bits per heavy atom. The molecule has 1 aliphatic heterocycles. The Morgan fingerprint density at radius 1 is 1.42 bits per heavy atom. The summed E-state index contributed by atoms with van der Waals surface area (Å²) < 4.78 is 10.8. The van der Waals surface area contributed by atoms with E-state index in [0.717, 1.165) is 16.7 Å². The third kappa shape index (κ3) is 3.39. The van der Waals surface area contributed by atoms with Crippen LogP contribution in [0.4, 0.5) is 0 Å². The minimum Gasteiger partial charge on any atom is -0.493 e. The lowest BCUT2D eigenvalue weighted by Crippen LogP contribution is -2.43. The maximum atomic E-state index is 12.6. The SMILES string of the molecule is CC[C@H](C(=O)O)N1C(=O)/C(=C\c2cccc(OC)c2OC)SC1=S. The monoisotopic (exact) mass is 367 g/mol. The smallest absolute Gasteiger partial charge is 0.326 e. The highest BCUT2D eigenvalue weighted by Crippen LogP contribution is 2.38. The molecule has 24 heavy (non-hydrogen) atoms. The quantitative estimate of drug-likeness (QED) is 0.612. The van der Waals surface area contributed by atoms with Crippen LogP contribution in [0.1, 0.15) is 18.9 Å². The average Bonchev–Trinajstić information content (AvgIpc) is 2.82. The van der Waals surface area contributed by atoms with Crippen molar-refractivity contribution in [2.75, 3.05) is 14.2 Å². The van der Waals surface area contributed by atoms with Gasteiger partial charge in [0.25, 0.3) is 5.91 Å². The Kier molecular flexibility index (Phi) is 5.84. The molecule has 1 saturated heterocycles. The van der Waals surface area contributed by atoms with Gasteiger partial charge in [0, 0.05) is 5.56 Å². The number of carboxylic acid groups (broad SMARTS) is 1. The van der Waals surface area contributed by atoms with Crippen molar-refractivity contribution in [2.45, 2.75) is 19.4 Å². The molecule has 2 rings (SSSR count). The first-order chi connectivity index (χ1) is 11.4. The summed E-state index contributed by atoms with van der Waals surface area (Å²) in [4.78, 5) is 25.4. The molecule has 0 spiro atoms. The maximum absolute atomic E-state index is 12.6. The van der Waals surface area contributed by atoms with E-state index in [1.807, 2.05) is 0 Å². The Hall–Kier alpha value is -2.06. The van der Waals surface area contributed by atoms with E-state index in [1.54, 1.807) is 31.2 Å². The molecule has 128 valence electrons. The molecule has 1 heterocycles. The minimum atomic E-state index is -1.07. The van der Waals surface area contributed by atoms with E-state index < -0.39 is 17.9 Å². The summed E-state index contributed by atoms with van der Waals surface area (Å²) >= 11 is 6.27. The zero-order valence-corrected chi connectivity index (χ0v) is 15.1. The number of carboxylic acids is 1. The molecule has 1 aliphatic rings. The molecule has 1 fully saturated rings. The van der Waals surface area contributed by atoms with Crippen LogP contribution in [-0.2, 0) is 9.59 Å². The topological polar surface area (TPSA) is 76.1 Å². The van der Waals surface area contributed by atoms with Crippen LogP contribution in [-0.4, -0.2) is 46.5 Å². The van der Waals surface area contributed by atoms with Crippen LogP contribution in [0.15, 0.2) is 23.1 Å². The summed E-state index contributed by atoms with van der Waals surface area (Å²) in [7, 11) is 3.04. The van der Waals surface area contributed by atoms with E-state index in [2.05, 4.69) is 0 Å². The molecule has 1 aromatic rings. The zero-order valence-electron chi connectivity index (χ0n) is 13.4. The lowest BCUT2D eigenvalue weighted by atomic mass is 10.1. The summed E-state index contributed by atoms with van der Waals surface area (Å²) in [6, 6.07) is 4.34. The van der Waals surface area contributed by atoms with Crippen molar-refractivity contribution in [3.63, 3.8) is 0 Å². The second-order valence-corrected chi connectivity index (χ2v) is 6.57. The van der Waals surface area contributed by atoms with E-state index in [1.165, 1.54) is 14.2 Å². The van der Waals surface area contributed by atoms with Gasteiger partial charge < -0.3 is 14.6 Å². The number of para-hydroxylation sites is 1. The van der Waals surface area contributed by atoms with Gasteiger partial charge in [-0.25, -0.2) is 4.79 Å². The van der Waals surface area contributed by atoms with Crippen LogP contribution in [0.5, 0.6) is 11.5 Å². The molecule has 1 aromatic carbocycles. The van der Waals surface area contributed by atoms with Crippen LogP contribution in [0.25, 0.3) is 6.08 Å². The number of nitrogens with zero attached hydrogens (tertiary/aromatic N) is 1. The molecule has 8 heteroatoms. The van der Waals surface area contributed by atoms with Crippen molar-refractivity contribution in [1.29, 1.82) is 0 Å². The predicted molar refractivity (Wildman–Crippen MR) is 96.3 cm³/mol. The number of thioether (sulfide) groups is 1. The fraction of sp³-hybridized carbons (Fsp3) is 0.312. The van der Waals surface area contributed by atoms with Gasteiger partial charge >= 0.3 is 5.97 Å². The standard InChI is InChI=1S/C16H17NO5S2/c1-4-10(15(19)20)17-14(18)12(24-16(17)23)8-9-6-5-7-11(21-2)13(9)22-3/h5-8,10H,4H2,1-3H3,(H,19,20)/b12-8+/t10-/m1/s1. The van der Waals surface area contributed by atoms with Gasteiger partial charge in [-0.05, 0) is 18.6 Å². The number of methoxy groups -OCH3 is 2. The molecule has 6 nitrogen and oxygen atoms in total. The normalized spacial score (nSPS) is 17.3. The maximum Gasteiger partial charge on any atom is 0.326 e. The first kappa shape index (κ1) is 18.3. The summed E-state index contributed by atoms with van der Waals surface area (Å²) in [5.41, 5.74) is 0.653. The van der Waals surface area contributed by atoms with Crippen LogP contribution >= 0.6 is 24.0 Å². The molecule has 0 aromatic heterocycles. The number of amides is 1. The molecule has 0 radical (unpaired) electrons. The Bertz CT molecular complexity index is 716. The van der Waals surface area contributed by atoms with Crippen molar-refractivity contribution in [3.8, 4) is 11.5 Å². The summed E-state index contributed by atoms with van der Waals surface area (Å²) in [6.07, 6.45) is 1.91. The largest absolute Gasteiger partial charge is 0.493 e. The molecule has 0 unspecified atom stereocenters. The molecule has 1 atom stereocenters. The van der Waals surface area contributed by atoms with Gasteiger partial charge in [-0.1, -0.05) is 43.0 Å². The minimum absolute atomic E-state index is 0.238. The Labute approximate surface area is 149 Å². The first-order valence-electron chi connectivity index (χ1n) is 7.15. The lowest BCUT2D eigenvalue weighted by molar-refractivity contribution is -0.145. The van der Waals surface area contributed by atoms with Crippen molar-refractivity contribution < 1.29 is 24.2 Å². The molecule has 0 saturated carbocycles. The number of hydrogen-bond donors (Lipinski definition) is 1. The van der Waals surface area contributed by atoms with Crippen molar-refractivity contribution >= 4 is 46.3 Å². The fourth-order valence-corrected chi connectivity index (χ4v) is 3.73. The molecule has 1 N–H and O–H groups in total. The predicted octanol–water partition coefficient (Wildman–Crippen LogP) is 2.77. The van der Waals surface area contributed by atoms with Crippen molar-refractivity contribution in [2.24, 2.45) is 0 Å². The van der Waals surface area contributed by atoms with Crippen molar-refractivity contribution in [3.05, 3.63) is 28.7 Å². The summed E-state index contributed by atoms with van der Waals surface area (Å²) in [5.74, 6) is -0.452. The number of rotatable bonds is 6. The highest BCUT2D eigenvalue weighted by Gasteiger charge is 2.39. The summed E-state index contributed by atoms with van der Waals surface area (Å²) in [5, 5.41) is 9.28. The van der Waals surface area contributed by atoms with Crippen molar-refractivity contribution in [1.82, 2.24) is 4.90 Å². The van der Waals surface area contributed by atoms with E-state index in [4.69, 9.17) is 21.7 Å². The molecule has 1 amide bonds. The second kappa shape index (κ2) is 7.67. The van der Waals surface area contributed by atoms with E-state index >= 15 is 0 Å². The lowest BCUT2D eigenvalue weighted by Gasteiger charge is -2.21. The Balaban J connectivity index is 2.41. The van der Waals surface area contributed by atoms with Crippen LogP contribution in [0, 0.1) is 0 Å². The second-order valence-electron chi connectivity index (χ2n) is 4.90. The van der Waals surface area contributed by atoms with Crippen LogP contribution in [0.3, 0.4) is 0 Å². The van der Waals surface area contributed by atoms with E-state index in [-0.39, 0.29) is 10.7 Å². The molecule has 0 aliphatic carbocycles. The van der Waals surface area contributed by atoms with Gasteiger partial charge in [-0.3, -0.25) is 9.69 Å².